The van der Waals surface area contributed by atoms with Gasteiger partial charge in [0.1, 0.15) is 17.2 Å². The molecule has 0 saturated heterocycles. The number of anilines is 1. The number of halogens is 1. The third-order valence-electron chi connectivity index (χ3n) is 2.43. The Morgan fingerprint density at radius 3 is 2.53 bits per heavy atom. The van der Waals surface area contributed by atoms with Crippen LogP contribution in [0.2, 0.25) is 5.02 Å². The maximum Gasteiger partial charge on any atom is 0.146 e. The Hall–Kier alpha value is -2.38. The fraction of sp³-hybridized carbons (Fsp3) is 0.0714. The molecule has 96 valence electrons. The van der Waals surface area contributed by atoms with Crippen molar-refractivity contribution in [3.05, 3.63) is 47.0 Å². The highest BCUT2D eigenvalue weighted by molar-refractivity contribution is 6.32. The van der Waals surface area contributed by atoms with Gasteiger partial charge >= 0.3 is 0 Å². The molecule has 0 fully saturated rings. The largest absolute Gasteiger partial charge is 0.497 e. The van der Waals surface area contributed by atoms with Gasteiger partial charge in [-0.05, 0) is 30.3 Å². The van der Waals surface area contributed by atoms with E-state index in [1.807, 2.05) is 6.07 Å². The number of nitrogen functional groups attached to an aromatic ring is 1. The SMILES string of the molecule is COc1cc(C#N)cc(Oc2ccc(N)cc2Cl)c1. The minimum Gasteiger partial charge on any atom is -0.497 e. The fourth-order valence-corrected chi connectivity index (χ4v) is 1.77. The summed E-state index contributed by atoms with van der Waals surface area (Å²) in [6.07, 6.45) is 0. The molecule has 0 aliphatic rings. The zero-order valence-electron chi connectivity index (χ0n) is 10.2. The highest BCUT2D eigenvalue weighted by atomic mass is 35.5. The fourth-order valence-electron chi connectivity index (χ4n) is 1.54. The predicted molar refractivity (Wildman–Crippen MR) is 73.6 cm³/mol. The number of nitrogens with two attached hydrogens (primary N) is 1. The van der Waals surface area contributed by atoms with Gasteiger partial charge in [0.25, 0.3) is 0 Å². The molecule has 0 aliphatic carbocycles. The predicted octanol–water partition coefficient (Wildman–Crippen LogP) is 3.59. The molecule has 0 radical (unpaired) electrons. The lowest BCUT2D eigenvalue weighted by Crippen LogP contribution is -1.91. The Kier molecular flexibility index (Phi) is 3.79. The summed E-state index contributed by atoms with van der Waals surface area (Å²) in [5.74, 6) is 1.48. The molecular weight excluding hydrogens is 264 g/mol. The number of nitriles is 1. The summed E-state index contributed by atoms with van der Waals surface area (Å²) in [7, 11) is 1.52. The molecular formula is C14H11ClN2O2. The van der Waals surface area contributed by atoms with Crippen LogP contribution in [-0.2, 0) is 0 Å². The van der Waals surface area contributed by atoms with E-state index in [9.17, 15) is 0 Å². The molecule has 0 unspecified atom stereocenters. The second kappa shape index (κ2) is 5.51. The molecule has 0 saturated carbocycles. The molecule has 19 heavy (non-hydrogen) atoms. The zero-order valence-corrected chi connectivity index (χ0v) is 10.9. The van der Waals surface area contributed by atoms with Gasteiger partial charge in [0.05, 0.1) is 23.8 Å². The summed E-state index contributed by atoms with van der Waals surface area (Å²) < 4.78 is 10.7. The normalized spacial score (nSPS) is 9.74. The van der Waals surface area contributed by atoms with Gasteiger partial charge in [-0.15, -0.1) is 0 Å². The maximum absolute atomic E-state index is 8.94. The molecule has 4 nitrogen and oxygen atoms in total. The maximum atomic E-state index is 8.94. The first-order valence-corrected chi connectivity index (χ1v) is 5.82. The first-order chi connectivity index (χ1) is 9.12. The Labute approximate surface area is 115 Å². The standard InChI is InChI=1S/C14H11ClN2O2/c1-18-11-4-9(8-16)5-12(7-11)19-14-3-2-10(17)6-13(14)15/h2-7H,17H2,1H3. The van der Waals surface area contributed by atoms with E-state index in [1.165, 1.54) is 7.11 Å². The van der Waals surface area contributed by atoms with Gasteiger partial charge in [0, 0.05) is 11.8 Å². The molecule has 0 atom stereocenters. The number of rotatable bonds is 3. The van der Waals surface area contributed by atoms with Crippen molar-refractivity contribution in [2.45, 2.75) is 0 Å². The second-order valence-corrected chi connectivity index (χ2v) is 4.21. The van der Waals surface area contributed by atoms with Crippen molar-refractivity contribution in [3.8, 4) is 23.3 Å². The molecule has 2 rings (SSSR count). The second-order valence-electron chi connectivity index (χ2n) is 3.80. The van der Waals surface area contributed by atoms with Gasteiger partial charge < -0.3 is 15.2 Å². The number of methoxy groups -OCH3 is 1. The summed E-state index contributed by atoms with van der Waals surface area (Å²) in [6.45, 7) is 0. The minimum absolute atomic E-state index is 0.404. The van der Waals surface area contributed by atoms with Crippen LogP contribution in [0.25, 0.3) is 0 Å². The molecule has 2 aromatic carbocycles. The summed E-state index contributed by atoms with van der Waals surface area (Å²) >= 11 is 6.03. The van der Waals surface area contributed by atoms with Crippen LogP contribution in [-0.4, -0.2) is 7.11 Å². The lowest BCUT2D eigenvalue weighted by Gasteiger charge is -2.10. The molecule has 0 aliphatic heterocycles. The van der Waals surface area contributed by atoms with E-state index < -0.39 is 0 Å². The molecule has 0 bridgehead atoms. The summed E-state index contributed by atoms with van der Waals surface area (Å²) in [6, 6.07) is 11.9. The van der Waals surface area contributed by atoms with Crippen LogP contribution in [0.5, 0.6) is 17.2 Å². The third kappa shape index (κ3) is 3.09. The topological polar surface area (TPSA) is 68.3 Å². The van der Waals surface area contributed by atoms with E-state index in [4.69, 9.17) is 32.1 Å². The lowest BCUT2D eigenvalue weighted by molar-refractivity contribution is 0.409. The van der Waals surface area contributed by atoms with Crippen LogP contribution in [0.3, 0.4) is 0 Å². The average molecular weight is 275 g/mol. The Balaban J connectivity index is 2.35. The smallest absolute Gasteiger partial charge is 0.146 e. The van der Waals surface area contributed by atoms with E-state index in [0.717, 1.165) is 0 Å². The van der Waals surface area contributed by atoms with E-state index in [0.29, 0.717) is 33.5 Å². The van der Waals surface area contributed by atoms with Gasteiger partial charge in [0.2, 0.25) is 0 Å². The van der Waals surface area contributed by atoms with Crippen LogP contribution < -0.4 is 15.2 Å². The molecule has 0 amide bonds. The Morgan fingerprint density at radius 2 is 1.89 bits per heavy atom. The van der Waals surface area contributed by atoms with E-state index >= 15 is 0 Å². The van der Waals surface area contributed by atoms with Crippen LogP contribution in [0, 0.1) is 11.3 Å². The number of ether oxygens (including phenoxy) is 2. The molecule has 2 N–H and O–H groups in total. The molecule has 0 heterocycles. The van der Waals surface area contributed by atoms with Crippen LogP contribution in [0.4, 0.5) is 5.69 Å². The lowest BCUT2D eigenvalue weighted by atomic mass is 10.2. The first-order valence-electron chi connectivity index (χ1n) is 5.44. The third-order valence-corrected chi connectivity index (χ3v) is 2.72. The van der Waals surface area contributed by atoms with Crippen molar-refractivity contribution >= 4 is 17.3 Å². The monoisotopic (exact) mass is 274 g/mol. The number of nitrogens with zero attached hydrogens (tertiary/aromatic N) is 1. The quantitative estimate of drug-likeness (QED) is 0.869. The van der Waals surface area contributed by atoms with Crippen molar-refractivity contribution in [3.63, 3.8) is 0 Å². The highest BCUT2D eigenvalue weighted by Gasteiger charge is 2.06. The number of hydrogen-bond acceptors (Lipinski definition) is 4. The first kappa shape index (κ1) is 13.1. The van der Waals surface area contributed by atoms with Crippen LogP contribution in [0.1, 0.15) is 5.56 Å². The summed E-state index contributed by atoms with van der Waals surface area (Å²) in [4.78, 5) is 0. The van der Waals surface area contributed by atoms with Gasteiger partial charge in [0.15, 0.2) is 0 Å². The minimum atomic E-state index is 0.404. The molecule has 0 spiro atoms. The van der Waals surface area contributed by atoms with E-state index in [-0.39, 0.29) is 0 Å². The molecule has 0 aromatic heterocycles. The molecule has 2 aromatic rings. The number of benzene rings is 2. The molecule has 5 heteroatoms. The van der Waals surface area contributed by atoms with Crippen LogP contribution in [0.15, 0.2) is 36.4 Å². The van der Waals surface area contributed by atoms with Crippen LogP contribution >= 0.6 is 11.6 Å². The van der Waals surface area contributed by atoms with Gasteiger partial charge in [-0.2, -0.15) is 5.26 Å². The Morgan fingerprint density at radius 1 is 1.16 bits per heavy atom. The zero-order chi connectivity index (χ0) is 13.8. The van der Waals surface area contributed by atoms with Crippen molar-refractivity contribution < 1.29 is 9.47 Å². The summed E-state index contributed by atoms with van der Waals surface area (Å²) in [5.41, 5.74) is 6.61. The van der Waals surface area contributed by atoms with Gasteiger partial charge in [-0.3, -0.25) is 0 Å². The van der Waals surface area contributed by atoms with Crippen molar-refractivity contribution in [1.29, 1.82) is 5.26 Å². The van der Waals surface area contributed by atoms with Crippen molar-refractivity contribution in [1.82, 2.24) is 0 Å². The number of hydrogen-bond donors (Lipinski definition) is 1. The van der Waals surface area contributed by atoms with Crippen molar-refractivity contribution in [2.75, 3.05) is 12.8 Å². The highest BCUT2D eigenvalue weighted by Crippen LogP contribution is 2.32. The van der Waals surface area contributed by atoms with Crippen molar-refractivity contribution in [2.24, 2.45) is 0 Å². The van der Waals surface area contributed by atoms with E-state index in [2.05, 4.69) is 0 Å². The van der Waals surface area contributed by atoms with E-state index in [1.54, 1.807) is 36.4 Å². The summed E-state index contributed by atoms with van der Waals surface area (Å²) in [5, 5.41) is 9.34. The van der Waals surface area contributed by atoms with Gasteiger partial charge in [-0.25, -0.2) is 0 Å². The Bertz CT molecular complexity index is 650. The average Bonchev–Trinajstić information content (AvgIpc) is 2.41. The van der Waals surface area contributed by atoms with Gasteiger partial charge in [-0.1, -0.05) is 11.6 Å².